The van der Waals surface area contributed by atoms with Gasteiger partial charge in [0.15, 0.2) is 5.79 Å². The molecule has 6 rings (SSSR count). The average molecular weight is 705 g/mol. The van der Waals surface area contributed by atoms with Crippen molar-refractivity contribution in [3.05, 3.63) is 54.0 Å². The zero-order valence-electron chi connectivity index (χ0n) is 31.6. The highest BCUT2D eigenvalue weighted by Crippen LogP contribution is 2.50. The van der Waals surface area contributed by atoms with E-state index in [2.05, 4.69) is 27.9 Å². The number of nitrogens with zero attached hydrogens (tertiary/aromatic N) is 5. The summed E-state index contributed by atoms with van der Waals surface area (Å²) >= 11 is 0. The smallest absolute Gasteiger partial charge is 0.410 e. The number of carbonyl (C=O) groups is 2. The first-order valence-corrected chi connectivity index (χ1v) is 18.4. The molecule has 3 aromatic rings. The third-order valence-electron chi connectivity index (χ3n) is 9.72. The molecule has 2 N–H and O–H groups in total. The third kappa shape index (κ3) is 8.95. The van der Waals surface area contributed by atoms with E-state index in [9.17, 15) is 9.59 Å². The Balaban J connectivity index is 1.22. The lowest BCUT2D eigenvalue weighted by atomic mass is 10.0. The van der Waals surface area contributed by atoms with Crippen LogP contribution in [0, 0.1) is 5.92 Å². The molecular formula is C39H56N6O6. The first-order valence-electron chi connectivity index (χ1n) is 18.4. The molecule has 0 spiro atoms. The van der Waals surface area contributed by atoms with Crippen molar-refractivity contribution in [2.75, 3.05) is 31.9 Å². The van der Waals surface area contributed by atoms with Gasteiger partial charge in [-0.1, -0.05) is 30.3 Å². The van der Waals surface area contributed by atoms with Gasteiger partial charge in [-0.15, -0.1) is 0 Å². The molecule has 1 aliphatic heterocycles. The minimum absolute atomic E-state index is 0.0460. The van der Waals surface area contributed by atoms with Gasteiger partial charge >= 0.3 is 12.2 Å². The second-order valence-electron chi connectivity index (χ2n) is 16.8. The van der Waals surface area contributed by atoms with Gasteiger partial charge in [-0.05, 0) is 105 Å². The molecule has 0 bridgehead atoms. The summed E-state index contributed by atoms with van der Waals surface area (Å²) in [5.41, 5.74) is 8.26. The molecule has 1 aromatic carbocycles. The summed E-state index contributed by atoms with van der Waals surface area (Å²) < 4.78 is 27.1. The molecule has 2 aromatic heterocycles. The number of hydrogen-bond acceptors (Lipinski definition) is 9. The number of hydrogen-bond donors (Lipinski definition) is 1. The normalized spacial score (nSPS) is 22.9. The number of benzene rings is 1. The standard InChI is InChI=1S/C39H56N6O6/c1-37(2,3)50-35(46)43(20-17-25-13-10-9-11-14-25)18-12-19-44(36(47)51-38(4,5)6)22-27-21-29(32-31(27)48-39(7,8)49-32)45-23-28(26-15-16-26)30-33(40)41-24-42-34(30)45/h9-11,13-14,23-24,26-27,29,31-32H,12,15-22H2,1-8H3,(H2,40,41,42)/t27-,29-,31-,32+/m1/s1. The molecule has 3 heterocycles. The Bertz CT molecular complexity index is 1690. The number of nitrogen functional groups attached to an aromatic ring is 1. The molecule has 0 radical (unpaired) electrons. The van der Waals surface area contributed by atoms with E-state index in [-0.39, 0.29) is 30.3 Å². The number of carbonyl (C=O) groups excluding carboxylic acids is 2. The van der Waals surface area contributed by atoms with Gasteiger partial charge in [-0.25, -0.2) is 19.6 Å². The summed E-state index contributed by atoms with van der Waals surface area (Å²) in [6.45, 7) is 16.8. The van der Waals surface area contributed by atoms with E-state index in [4.69, 9.17) is 29.7 Å². The highest BCUT2D eigenvalue weighted by Gasteiger charge is 2.55. The van der Waals surface area contributed by atoms with Crippen LogP contribution >= 0.6 is 0 Å². The second kappa shape index (κ2) is 14.3. The lowest BCUT2D eigenvalue weighted by Crippen LogP contribution is -2.44. The lowest BCUT2D eigenvalue weighted by Gasteiger charge is -2.32. The van der Waals surface area contributed by atoms with E-state index >= 15 is 0 Å². The van der Waals surface area contributed by atoms with Gasteiger partial charge in [0.1, 0.15) is 35.1 Å². The van der Waals surface area contributed by atoms with Crippen molar-refractivity contribution in [1.82, 2.24) is 24.3 Å². The van der Waals surface area contributed by atoms with E-state index in [1.54, 1.807) is 9.80 Å². The Hall–Kier alpha value is -3.90. The van der Waals surface area contributed by atoms with Gasteiger partial charge in [0.25, 0.3) is 0 Å². The molecule has 4 atom stereocenters. The van der Waals surface area contributed by atoms with Crippen molar-refractivity contribution in [2.45, 2.75) is 129 Å². The fourth-order valence-corrected chi connectivity index (χ4v) is 7.45. The summed E-state index contributed by atoms with van der Waals surface area (Å²) in [6.07, 6.45) is 6.67. The molecular weight excluding hydrogens is 648 g/mol. The fraction of sp³-hybridized carbons (Fsp3) is 0.641. The van der Waals surface area contributed by atoms with Crippen LogP contribution in [-0.4, -0.2) is 91.9 Å². The SMILES string of the molecule is CC(C)(C)OC(=O)N(CCCN(C[C@H]1C[C@@H](n2cc(C3CC3)c3c(N)ncnc32)[C@@H]2OC(C)(C)O[C@H]12)C(=O)OC(C)(C)C)CCc1ccccc1. The second-order valence-corrected chi connectivity index (χ2v) is 16.8. The number of nitrogens with two attached hydrogens (primary N) is 1. The van der Waals surface area contributed by atoms with Crippen LogP contribution in [0.4, 0.5) is 15.4 Å². The summed E-state index contributed by atoms with van der Waals surface area (Å²) in [4.78, 5) is 39.7. The number of amides is 2. The Labute approximate surface area is 302 Å². The maximum atomic E-state index is 13.8. The van der Waals surface area contributed by atoms with Gasteiger partial charge in [0, 0.05) is 38.3 Å². The quantitative estimate of drug-likeness (QED) is 0.222. The van der Waals surface area contributed by atoms with E-state index in [1.165, 1.54) is 11.9 Å². The molecule has 3 aliphatic rings. The van der Waals surface area contributed by atoms with Gasteiger partial charge in [0.2, 0.25) is 0 Å². The van der Waals surface area contributed by atoms with E-state index in [0.29, 0.717) is 57.2 Å². The van der Waals surface area contributed by atoms with Crippen LogP contribution in [0.25, 0.3) is 11.0 Å². The first kappa shape index (κ1) is 36.9. The lowest BCUT2D eigenvalue weighted by molar-refractivity contribution is -0.160. The Kier molecular flexibility index (Phi) is 10.3. The van der Waals surface area contributed by atoms with Crippen LogP contribution in [0.3, 0.4) is 0 Å². The van der Waals surface area contributed by atoms with Gasteiger partial charge in [-0.3, -0.25) is 0 Å². The molecule has 0 unspecified atom stereocenters. The maximum Gasteiger partial charge on any atom is 0.410 e. The topological polar surface area (TPSA) is 134 Å². The van der Waals surface area contributed by atoms with Crippen molar-refractivity contribution in [3.63, 3.8) is 0 Å². The van der Waals surface area contributed by atoms with E-state index in [1.807, 2.05) is 73.6 Å². The predicted molar refractivity (Wildman–Crippen MR) is 195 cm³/mol. The number of rotatable bonds is 11. The Morgan fingerprint density at radius 3 is 2.20 bits per heavy atom. The van der Waals surface area contributed by atoms with Crippen molar-refractivity contribution in [3.8, 4) is 0 Å². The van der Waals surface area contributed by atoms with Crippen molar-refractivity contribution >= 4 is 29.0 Å². The summed E-state index contributed by atoms with van der Waals surface area (Å²) in [5, 5.41) is 0.926. The van der Waals surface area contributed by atoms with Crippen LogP contribution in [0.1, 0.15) is 104 Å². The predicted octanol–water partition coefficient (Wildman–Crippen LogP) is 7.08. The van der Waals surface area contributed by atoms with Crippen molar-refractivity contribution < 1.29 is 28.5 Å². The molecule has 2 saturated carbocycles. The zero-order valence-corrected chi connectivity index (χ0v) is 31.6. The number of fused-ring (bicyclic) bond motifs is 2. The van der Waals surface area contributed by atoms with E-state index in [0.717, 1.165) is 29.4 Å². The fourth-order valence-electron chi connectivity index (χ4n) is 7.45. The molecule has 3 fully saturated rings. The van der Waals surface area contributed by atoms with Crippen LogP contribution in [-0.2, 0) is 25.4 Å². The Morgan fingerprint density at radius 2 is 1.55 bits per heavy atom. The van der Waals surface area contributed by atoms with Crippen LogP contribution < -0.4 is 5.73 Å². The third-order valence-corrected chi connectivity index (χ3v) is 9.72. The molecule has 2 amide bonds. The minimum atomic E-state index is -0.786. The molecule has 2 aliphatic carbocycles. The van der Waals surface area contributed by atoms with Gasteiger partial charge in [-0.2, -0.15) is 0 Å². The molecule has 278 valence electrons. The molecule has 51 heavy (non-hydrogen) atoms. The minimum Gasteiger partial charge on any atom is -0.444 e. The van der Waals surface area contributed by atoms with Crippen LogP contribution in [0.5, 0.6) is 0 Å². The zero-order chi connectivity index (χ0) is 36.7. The van der Waals surface area contributed by atoms with Crippen molar-refractivity contribution in [1.29, 1.82) is 0 Å². The van der Waals surface area contributed by atoms with Gasteiger partial charge < -0.3 is 39.0 Å². The molecule has 1 saturated heterocycles. The Morgan fingerprint density at radius 1 is 0.922 bits per heavy atom. The monoisotopic (exact) mass is 704 g/mol. The molecule has 12 heteroatoms. The largest absolute Gasteiger partial charge is 0.444 e. The number of aromatic nitrogens is 3. The first-order chi connectivity index (χ1) is 24.0. The van der Waals surface area contributed by atoms with Gasteiger partial charge in [0.05, 0.1) is 17.5 Å². The van der Waals surface area contributed by atoms with Crippen molar-refractivity contribution in [2.24, 2.45) is 5.92 Å². The maximum absolute atomic E-state index is 13.8. The highest BCUT2D eigenvalue weighted by molar-refractivity contribution is 5.90. The summed E-state index contributed by atoms with van der Waals surface area (Å²) in [5.74, 6) is 0.125. The number of ether oxygens (including phenoxy) is 4. The van der Waals surface area contributed by atoms with Crippen LogP contribution in [0.15, 0.2) is 42.9 Å². The van der Waals surface area contributed by atoms with E-state index < -0.39 is 23.1 Å². The number of anilines is 1. The average Bonchev–Trinajstić information content (AvgIpc) is 3.63. The summed E-state index contributed by atoms with van der Waals surface area (Å²) in [7, 11) is 0. The summed E-state index contributed by atoms with van der Waals surface area (Å²) in [6, 6.07) is 10.0. The highest BCUT2D eigenvalue weighted by atomic mass is 16.8. The molecule has 12 nitrogen and oxygen atoms in total. The van der Waals surface area contributed by atoms with Crippen LogP contribution in [0.2, 0.25) is 0 Å².